The number of piperazine rings is 1. The molecule has 0 radical (unpaired) electrons. The molecule has 0 atom stereocenters. The summed E-state index contributed by atoms with van der Waals surface area (Å²) in [6, 6.07) is 21.0. The summed E-state index contributed by atoms with van der Waals surface area (Å²) < 4.78 is 18.6. The molecule has 1 fully saturated rings. The molecule has 7 heteroatoms. The van der Waals surface area contributed by atoms with E-state index in [9.17, 15) is 5.11 Å². The maximum absolute atomic E-state index is 9.97. The molecule has 1 aliphatic heterocycles. The first-order valence-corrected chi connectivity index (χ1v) is 12.2. The van der Waals surface area contributed by atoms with Gasteiger partial charge in [0.15, 0.2) is 5.75 Å². The fourth-order valence-corrected chi connectivity index (χ4v) is 5.21. The van der Waals surface area contributed by atoms with Crippen molar-refractivity contribution in [2.75, 3.05) is 46.4 Å². The molecule has 5 rings (SSSR count). The third-order valence-electron chi connectivity index (χ3n) is 5.91. The zero-order valence-electron chi connectivity index (χ0n) is 19.1. The summed E-state index contributed by atoms with van der Waals surface area (Å²) in [4.78, 5) is 3.41. The van der Waals surface area contributed by atoms with Crippen molar-refractivity contribution in [1.82, 2.24) is 10.2 Å². The highest BCUT2D eigenvalue weighted by molar-refractivity contribution is 7.22. The largest absolute Gasteiger partial charge is 0.508 e. The maximum atomic E-state index is 9.97. The van der Waals surface area contributed by atoms with Gasteiger partial charge in [-0.25, -0.2) is 0 Å². The van der Waals surface area contributed by atoms with E-state index in [1.54, 1.807) is 30.6 Å². The Bertz CT molecular complexity index is 1230. The second-order valence-corrected chi connectivity index (χ2v) is 9.24. The minimum atomic E-state index is 0.240. The molecule has 0 unspecified atom stereocenters. The van der Waals surface area contributed by atoms with Gasteiger partial charge in [-0.05, 0) is 72.3 Å². The lowest BCUT2D eigenvalue weighted by Crippen LogP contribution is -2.44. The normalized spacial score (nSPS) is 14.3. The number of nitrogens with one attached hydrogen (secondary N) is 1. The van der Waals surface area contributed by atoms with Crippen molar-refractivity contribution in [3.05, 3.63) is 66.7 Å². The van der Waals surface area contributed by atoms with Gasteiger partial charge in [0.1, 0.15) is 29.6 Å². The molecule has 0 amide bonds. The molecule has 1 aliphatic rings. The SMILES string of the molecule is COc1ccc(-c2sc3cc(O)ccc3c2Oc2ccc(OCCN3CCNCC3)cc2)cc1. The Morgan fingerprint density at radius 2 is 1.62 bits per heavy atom. The van der Waals surface area contributed by atoms with E-state index < -0.39 is 0 Å². The summed E-state index contributed by atoms with van der Waals surface area (Å²) in [6.07, 6.45) is 0. The monoisotopic (exact) mass is 476 g/mol. The van der Waals surface area contributed by atoms with Gasteiger partial charge in [0.2, 0.25) is 0 Å². The van der Waals surface area contributed by atoms with Gasteiger partial charge in [0.25, 0.3) is 0 Å². The molecule has 0 saturated carbocycles. The quantitative estimate of drug-likeness (QED) is 0.357. The van der Waals surface area contributed by atoms with Crippen LogP contribution in [0.2, 0.25) is 0 Å². The number of rotatable bonds is 8. The van der Waals surface area contributed by atoms with Gasteiger partial charge in [0.05, 0.1) is 12.0 Å². The van der Waals surface area contributed by atoms with Crippen LogP contribution in [0.15, 0.2) is 66.7 Å². The van der Waals surface area contributed by atoms with Crippen molar-refractivity contribution in [3.63, 3.8) is 0 Å². The lowest BCUT2D eigenvalue weighted by Gasteiger charge is -2.26. The first-order chi connectivity index (χ1) is 16.7. The van der Waals surface area contributed by atoms with Crippen LogP contribution in [0.1, 0.15) is 0 Å². The minimum absolute atomic E-state index is 0.240. The van der Waals surface area contributed by atoms with Crippen LogP contribution in [-0.2, 0) is 0 Å². The molecule has 0 spiro atoms. The van der Waals surface area contributed by atoms with Gasteiger partial charge in [-0.1, -0.05) is 0 Å². The molecule has 0 bridgehead atoms. The van der Waals surface area contributed by atoms with E-state index in [0.29, 0.717) is 6.61 Å². The molecule has 34 heavy (non-hydrogen) atoms. The van der Waals surface area contributed by atoms with Crippen LogP contribution in [0, 0.1) is 0 Å². The van der Waals surface area contributed by atoms with E-state index in [4.69, 9.17) is 14.2 Å². The second kappa shape index (κ2) is 10.3. The first-order valence-electron chi connectivity index (χ1n) is 11.4. The fourth-order valence-electron chi connectivity index (χ4n) is 4.04. The number of fused-ring (bicyclic) bond motifs is 1. The average Bonchev–Trinajstić information content (AvgIpc) is 3.23. The smallest absolute Gasteiger partial charge is 0.153 e. The zero-order valence-corrected chi connectivity index (χ0v) is 19.9. The van der Waals surface area contributed by atoms with Gasteiger partial charge in [-0.3, -0.25) is 4.90 Å². The Morgan fingerprint density at radius 1 is 0.912 bits per heavy atom. The number of benzene rings is 3. The third kappa shape index (κ3) is 5.12. The lowest BCUT2D eigenvalue weighted by atomic mass is 10.1. The van der Waals surface area contributed by atoms with Crippen LogP contribution in [0.3, 0.4) is 0 Å². The van der Waals surface area contributed by atoms with Gasteiger partial charge < -0.3 is 24.6 Å². The first kappa shape index (κ1) is 22.5. The van der Waals surface area contributed by atoms with E-state index in [2.05, 4.69) is 10.2 Å². The van der Waals surface area contributed by atoms with Gasteiger partial charge in [-0.2, -0.15) is 0 Å². The van der Waals surface area contributed by atoms with Gasteiger partial charge >= 0.3 is 0 Å². The van der Waals surface area contributed by atoms with Crippen molar-refractivity contribution < 1.29 is 19.3 Å². The molecule has 4 aromatic rings. The average molecular weight is 477 g/mol. The standard InChI is InChI=1S/C27H28N2O4S/c1-31-21-5-2-19(3-6-21)27-26(24-11-4-20(30)18-25(24)34-27)33-23-9-7-22(8-10-23)32-17-16-29-14-12-28-13-15-29/h2-11,18,28,30H,12-17H2,1H3. The highest BCUT2D eigenvalue weighted by Gasteiger charge is 2.17. The second-order valence-electron chi connectivity index (χ2n) is 8.18. The number of nitrogens with zero attached hydrogens (tertiary/aromatic N) is 1. The number of phenolic OH excluding ortho intramolecular Hbond substituents is 1. The molecule has 2 N–H and O–H groups in total. The predicted octanol–water partition coefficient (Wildman–Crippen LogP) is 5.36. The van der Waals surface area contributed by atoms with Crippen molar-refractivity contribution in [2.24, 2.45) is 0 Å². The third-order valence-corrected chi connectivity index (χ3v) is 7.09. The topological polar surface area (TPSA) is 63.2 Å². The Labute approximate surface area is 203 Å². The van der Waals surface area contributed by atoms with Crippen LogP contribution in [0.5, 0.6) is 28.7 Å². The van der Waals surface area contributed by atoms with Crippen LogP contribution < -0.4 is 19.5 Å². The maximum Gasteiger partial charge on any atom is 0.153 e. The molecular formula is C27H28N2O4S. The zero-order chi connectivity index (χ0) is 23.3. The van der Waals surface area contributed by atoms with Crippen LogP contribution in [0.25, 0.3) is 20.5 Å². The molecule has 176 valence electrons. The Kier molecular flexibility index (Phi) is 6.85. The fraction of sp³-hybridized carbons (Fsp3) is 0.259. The number of ether oxygens (including phenoxy) is 3. The number of phenols is 1. The summed E-state index contributed by atoms with van der Waals surface area (Å²) in [6.45, 7) is 5.82. The molecular weight excluding hydrogens is 448 g/mol. The van der Waals surface area contributed by atoms with Gasteiger partial charge in [0, 0.05) is 42.8 Å². The number of methoxy groups -OCH3 is 1. The highest BCUT2D eigenvalue weighted by atomic mass is 32.1. The molecule has 1 aromatic heterocycles. The van der Waals surface area contributed by atoms with E-state index in [0.717, 1.165) is 76.2 Å². The Morgan fingerprint density at radius 3 is 2.35 bits per heavy atom. The predicted molar refractivity (Wildman–Crippen MR) is 137 cm³/mol. The number of hydrogen-bond donors (Lipinski definition) is 2. The number of hydrogen-bond acceptors (Lipinski definition) is 7. The molecule has 3 aromatic carbocycles. The lowest BCUT2D eigenvalue weighted by molar-refractivity contribution is 0.191. The van der Waals surface area contributed by atoms with Crippen molar-refractivity contribution in [3.8, 4) is 39.2 Å². The molecule has 0 aliphatic carbocycles. The van der Waals surface area contributed by atoms with Crippen molar-refractivity contribution >= 4 is 21.4 Å². The Hall–Kier alpha value is -3.26. The molecule has 6 nitrogen and oxygen atoms in total. The Balaban J connectivity index is 1.34. The van der Waals surface area contributed by atoms with Gasteiger partial charge in [-0.15, -0.1) is 11.3 Å². The van der Waals surface area contributed by atoms with Crippen LogP contribution in [-0.4, -0.2) is 56.4 Å². The van der Waals surface area contributed by atoms with E-state index >= 15 is 0 Å². The van der Waals surface area contributed by atoms with Crippen LogP contribution >= 0.6 is 11.3 Å². The summed E-state index contributed by atoms with van der Waals surface area (Å²) in [5.74, 6) is 3.38. The highest BCUT2D eigenvalue weighted by Crippen LogP contribution is 2.47. The minimum Gasteiger partial charge on any atom is -0.508 e. The summed E-state index contributed by atoms with van der Waals surface area (Å²) in [7, 11) is 1.66. The van der Waals surface area contributed by atoms with Crippen molar-refractivity contribution in [1.29, 1.82) is 0 Å². The number of thiophene rings is 1. The van der Waals surface area contributed by atoms with Crippen molar-refractivity contribution in [2.45, 2.75) is 0 Å². The van der Waals surface area contributed by atoms with E-state index in [1.807, 2.05) is 54.6 Å². The number of aromatic hydroxyl groups is 1. The molecule has 2 heterocycles. The summed E-state index contributed by atoms with van der Waals surface area (Å²) >= 11 is 1.59. The summed E-state index contributed by atoms with van der Waals surface area (Å²) in [5, 5.41) is 14.3. The van der Waals surface area contributed by atoms with E-state index in [1.165, 1.54) is 0 Å². The molecule has 1 saturated heterocycles. The van der Waals surface area contributed by atoms with E-state index in [-0.39, 0.29) is 5.75 Å². The van der Waals surface area contributed by atoms with Crippen LogP contribution in [0.4, 0.5) is 0 Å². The summed E-state index contributed by atoms with van der Waals surface area (Å²) in [5.41, 5.74) is 1.03.